The van der Waals surface area contributed by atoms with Gasteiger partial charge in [0.1, 0.15) is 5.82 Å². The van der Waals surface area contributed by atoms with E-state index in [1.807, 2.05) is 37.4 Å². The van der Waals surface area contributed by atoms with Gasteiger partial charge in [-0.1, -0.05) is 25.1 Å². The van der Waals surface area contributed by atoms with Gasteiger partial charge >= 0.3 is 6.03 Å². The second kappa shape index (κ2) is 6.48. The standard InChI is InChI=1S/C21H22FN3O/c1-3-14-6-4-5-7-18(14)23-21(26)25-11-10-20-17(13-25)16-12-15(22)8-9-19(16)24(20)2/h4-9,12H,3,10-11,13H2,1-2H3,(H,23,26). The molecule has 134 valence electrons. The van der Waals surface area contributed by atoms with Crippen LogP contribution in [0.2, 0.25) is 0 Å². The van der Waals surface area contributed by atoms with Crippen molar-refractivity contribution in [3.63, 3.8) is 0 Å². The summed E-state index contributed by atoms with van der Waals surface area (Å²) in [4.78, 5) is 14.6. The van der Waals surface area contributed by atoms with Crippen molar-refractivity contribution in [3.05, 3.63) is 65.1 Å². The van der Waals surface area contributed by atoms with Crippen molar-refractivity contribution in [2.24, 2.45) is 7.05 Å². The molecule has 0 spiro atoms. The van der Waals surface area contributed by atoms with Crippen molar-refractivity contribution in [2.45, 2.75) is 26.3 Å². The molecule has 1 N–H and O–H groups in total. The van der Waals surface area contributed by atoms with Crippen LogP contribution in [0.5, 0.6) is 0 Å². The van der Waals surface area contributed by atoms with Gasteiger partial charge in [-0.2, -0.15) is 0 Å². The van der Waals surface area contributed by atoms with E-state index in [-0.39, 0.29) is 11.8 Å². The van der Waals surface area contributed by atoms with Crippen LogP contribution in [0.4, 0.5) is 14.9 Å². The third-order valence-electron chi connectivity index (χ3n) is 5.29. The molecule has 0 aliphatic carbocycles. The number of rotatable bonds is 2. The zero-order valence-electron chi connectivity index (χ0n) is 15.1. The second-order valence-corrected chi connectivity index (χ2v) is 6.76. The van der Waals surface area contributed by atoms with Crippen LogP contribution in [0.15, 0.2) is 42.5 Å². The van der Waals surface area contributed by atoms with Gasteiger partial charge in [-0.25, -0.2) is 9.18 Å². The van der Waals surface area contributed by atoms with Crippen molar-refractivity contribution in [3.8, 4) is 0 Å². The third-order valence-corrected chi connectivity index (χ3v) is 5.29. The zero-order valence-corrected chi connectivity index (χ0v) is 15.1. The number of carbonyl (C=O) groups is 1. The molecule has 2 amide bonds. The summed E-state index contributed by atoms with van der Waals surface area (Å²) in [5.74, 6) is -0.246. The van der Waals surface area contributed by atoms with E-state index in [9.17, 15) is 9.18 Å². The number of para-hydroxylation sites is 1. The average molecular weight is 351 g/mol. The maximum atomic E-state index is 13.7. The number of hydrogen-bond donors (Lipinski definition) is 1. The van der Waals surface area contributed by atoms with Crippen LogP contribution in [0.25, 0.3) is 10.9 Å². The average Bonchev–Trinajstić information content (AvgIpc) is 2.93. The summed E-state index contributed by atoms with van der Waals surface area (Å²) in [5.41, 5.74) is 5.21. The van der Waals surface area contributed by atoms with Crippen LogP contribution < -0.4 is 5.32 Å². The molecule has 0 bridgehead atoms. The number of urea groups is 1. The van der Waals surface area contributed by atoms with E-state index in [1.165, 1.54) is 11.8 Å². The highest BCUT2D eigenvalue weighted by atomic mass is 19.1. The molecule has 0 atom stereocenters. The molecular formula is C21H22FN3O. The Morgan fingerprint density at radius 1 is 1.23 bits per heavy atom. The Hall–Kier alpha value is -2.82. The number of halogens is 1. The molecular weight excluding hydrogens is 329 g/mol. The topological polar surface area (TPSA) is 37.3 Å². The summed E-state index contributed by atoms with van der Waals surface area (Å²) < 4.78 is 15.9. The maximum Gasteiger partial charge on any atom is 0.322 e. The molecule has 2 heterocycles. The molecule has 0 radical (unpaired) electrons. The van der Waals surface area contributed by atoms with Gasteiger partial charge < -0.3 is 14.8 Å². The Bertz CT molecular complexity index is 992. The Balaban J connectivity index is 1.62. The fourth-order valence-electron chi connectivity index (χ4n) is 3.87. The van der Waals surface area contributed by atoms with E-state index >= 15 is 0 Å². The molecule has 4 nitrogen and oxygen atoms in total. The number of aryl methyl sites for hydroxylation is 2. The number of benzene rings is 2. The normalized spacial score (nSPS) is 13.7. The summed E-state index contributed by atoms with van der Waals surface area (Å²) in [7, 11) is 2.01. The van der Waals surface area contributed by atoms with Crippen molar-refractivity contribution in [1.29, 1.82) is 0 Å². The van der Waals surface area contributed by atoms with E-state index in [0.29, 0.717) is 13.1 Å². The fraction of sp³-hybridized carbons (Fsp3) is 0.286. The minimum Gasteiger partial charge on any atom is -0.347 e. The molecule has 0 saturated carbocycles. The number of hydrogen-bond acceptors (Lipinski definition) is 1. The first-order valence-electron chi connectivity index (χ1n) is 8.98. The van der Waals surface area contributed by atoms with Crippen molar-refractivity contribution in [1.82, 2.24) is 9.47 Å². The lowest BCUT2D eigenvalue weighted by Gasteiger charge is -2.28. The highest BCUT2D eigenvalue weighted by Gasteiger charge is 2.26. The monoisotopic (exact) mass is 351 g/mol. The Kier molecular flexibility index (Phi) is 4.15. The molecule has 0 saturated heterocycles. The number of fused-ring (bicyclic) bond motifs is 3. The molecule has 5 heteroatoms. The SMILES string of the molecule is CCc1ccccc1NC(=O)N1CCc2c(c3cc(F)ccc3n2C)C1. The van der Waals surface area contributed by atoms with E-state index in [1.54, 1.807) is 11.0 Å². The lowest BCUT2D eigenvalue weighted by molar-refractivity contribution is 0.206. The van der Waals surface area contributed by atoms with E-state index < -0.39 is 0 Å². The van der Waals surface area contributed by atoms with Crippen LogP contribution in [-0.2, 0) is 26.4 Å². The van der Waals surface area contributed by atoms with Crippen LogP contribution in [0.1, 0.15) is 23.7 Å². The maximum absolute atomic E-state index is 13.7. The number of amides is 2. The molecule has 0 fully saturated rings. The summed E-state index contributed by atoms with van der Waals surface area (Å²) in [6, 6.07) is 12.6. The quantitative estimate of drug-likeness (QED) is 0.727. The summed E-state index contributed by atoms with van der Waals surface area (Å²) in [5, 5.41) is 3.93. The Labute approximate surface area is 152 Å². The third kappa shape index (κ3) is 2.73. The number of nitrogens with one attached hydrogen (secondary N) is 1. The van der Waals surface area contributed by atoms with Gasteiger partial charge in [0.05, 0.1) is 0 Å². The minimum absolute atomic E-state index is 0.107. The van der Waals surface area contributed by atoms with Crippen molar-refractivity contribution < 1.29 is 9.18 Å². The van der Waals surface area contributed by atoms with Gasteiger partial charge in [-0.05, 0) is 36.2 Å². The van der Waals surface area contributed by atoms with Crippen LogP contribution >= 0.6 is 0 Å². The van der Waals surface area contributed by atoms with Crippen molar-refractivity contribution >= 4 is 22.6 Å². The van der Waals surface area contributed by atoms with Gasteiger partial charge in [0, 0.05) is 54.4 Å². The predicted molar refractivity (Wildman–Crippen MR) is 102 cm³/mol. The first kappa shape index (κ1) is 16.6. The Morgan fingerprint density at radius 2 is 2.04 bits per heavy atom. The second-order valence-electron chi connectivity index (χ2n) is 6.76. The molecule has 1 aromatic heterocycles. The first-order chi connectivity index (χ1) is 12.6. The highest BCUT2D eigenvalue weighted by Crippen LogP contribution is 2.31. The summed E-state index contributed by atoms with van der Waals surface area (Å²) in [6.45, 7) is 3.22. The van der Waals surface area contributed by atoms with Gasteiger partial charge in [-0.15, -0.1) is 0 Å². The van der Waals surface area contributed by atoms with Gasteiger partial charge in [0.15, 0.2) is 0 Å². The van der Waals surface area contributed by atoms with E-state index in [4.69, 9.17) is 0 Å². The number of nitrogens with zero attached hydrogens (tertiary/aromatic N) is 2. The lowest BCUT2D eigenvalue weighted by atomic mass is 10.0. The van der Waals surface area contributed by atoms with E-state index in [0.717, 1.165) is 40.6 Å². The number of anilines is 1. The molecule has 1 aliphatic heterocycles. The highest BCUT2D eigenvalue weighted by molar-refractivity contribution is 5.91. The molecule has 1 aliphatic rings. The van der Waals surface area contributed by atoms with Crippen molar-refractivity contribution in [2.75, 3.05) is 11.9 Å². The first-order valence-corrected chi connectivity index (χ1v) is 8.98. The number of aromatic nitrogens is 1. The van der Waals surface area contributed by atoms with Gasteiger partial charge in [0.25, 0.3) is 0 Å². The van der Waals surface area contributed by atoms with Crippen LogP contribution in [-0.4, -0.2) is 22.0 Å². The lowest BCUT2D eigenvalue weighted by Crippen LogP contribution is -2.39. The zero-order chi connectivity index (χ0) is 18.3. The van der Waals surface area contributed by atoms with E-state index in [2.05, 4.69) is 16.8 Å². The fourth-order valence-corrected chi connectivity index (χ4v) is 3.87. The van der Waals surface area contributed by atoms with Crippen LogP contribution in [0, 0.1) is 5.82 Å². The van der Waals surface area contributed by atoms with Gasteiger partial charge in [-0.3, -0.25) is 0 Å². The van der Waals surface area contributed by atoms with Crippen LogP contribution in [0.3, 0.4) is 0 Å². The molecule has 3 aromatic rings. The molecule has 26 heavy (non-hydrogen) atoms. The number of carbonyl (C=O) groups excluding carboxylic acids is 1. The molecule has 2 aromatic carbocycles. The summed E-state index contributed by atoms with van der Waals surface area (Å²) >= 11 is 0. The molecule has 4 rings (SSSR count). The Morgan fingerprint density at radius 3 is 2.85 bits per heavy atom. The summed E-state index contributed by atoms with van der Waals surface area (Å²) in [6.07, 6.45) is 1.63. The van der Waals surface area contributed by atoms with Gasteiger partial charge in [0.2, 0.25) is 0 Å². The molecule has 0 unspecified atom stereocenters. The smallest absolute Gasteiger partial charge is 0.322 e. The predicted octanol–water partition coefficient (Wildman–Crippen LogP) is 4.47. The largest absolute Gasteiger partial charge is 0.347 e. The minimum atomic E-state index is -0.246.